The Bertz CT molecular complexity index is 341. The molecular weight excluding hydrogens is 200 g/mol. The summed E-state index contributed by atoms with van der Waals surface area (Å²) in [5.41, 5.74) is 4.83. The topological polar surface area (TPSA) is 62.4 Å². The molecule has 4 N–H and O–H groups in total. The minimum Gasteiger partial charge on any atom is -0.325 e. The van der Waals surface area contributed by atoms with Crippen molar-refractivity contribution in [2.24, 2.45) is 10.8 Å². The fourth-order valence-electron chi connectivity index (χ4n) is 1.37. The molecule has 1 aromatic rings. The summed E-state index contributed by atoms with van der Waals surface area (Å²) in [5.74, 6) is 6.47. The van der Waals surface area contributed by atoms with Gasteiger partial charge in [-0.3, -0.25) is 10.4 Å². The molecule has 16 heavy (non-hydrogen) atoms. The molecule has 0 aliphatic rings. The third kappa shape index (κ3) is 3.55. The smallest absolute Gasteiger partial charge is 0.210 e. The van der Waals surface area contributed by atoms with Gasteiger partial charge in [0.15, 0.2) is 0 Å². The quantitative estimate of drug-likeness (QED) is 0.316. The molecule has 4 nitrogen and oxygen atoms in total. The number of hydrazine groups is 1. The van der Waals surface area contributed by atoms with Crippen LogP contribution in [0.1, 0.15) is 32.3 Å². The Morgan fingerprint density at radius 1 is 1.31 bits per heavy atom. The molecule has 0 unspecified atom stereocenters. The summed E-state index contributed by atoms with van der Waals surface area (Å²) in [5, 5.41) is 3.11. The van der Waals surface area contributed by atoms with Crippen LogP contribution in [0.3, 0.4) is 0 Å². The van der Waals surface area contributed by atoms with E-state index in [2.05, 4.69) is 41.7 Å². The first kappa shape index (κ1) is 12.5. The maximum atomic E-state index is 5.34. The van der Waals surface area contributed by atoms with E-state index >= 15 is 0 Å². The SMILES string of the molecule is CCN=C(NN)Nc1ccc(C(C)C)cc1. The molecule has 0 fully saturated rings. The first-order chi connectivity index (χ1) is 7.67. The number of guanidine groups is 1. The van der Waals surface area contributed by atoms with E-state index in [4.69, 9.17) is 5.84 Å². The van der Waals surface area contributed by atoms with Crippen LogP contribution in [0.15, 0.2) is 29.3 Å². The van der Waals surface area contributed by atoms with Crippen LogP contribution < -0.4 is 16.6 Å². The zero-order chi connectivity index (χ0) is 12.0. The molecule has 0 spiro atoms. The van der Waals surface area contributed by atoms with Crippen LogP contribution in [0.2, 0.25) is 0 Å². The van der Waals surface area contributed by atoms with Crippen molar-refractivity contribution in [3.63, 3.8) is 0 Å². The van der Waals surface area contributed by atoms with Crippen LogP contribution >= 0.6 is 0 Å². The van der Waals surface area contributed by atoms with Gasteiger partial charge in [0.25, 0.3) is 0 Å². The van der Waals surface area contributed by atoms with Crippen molar-refractivity contribution in [2.75, 3.05) is 11.9 Å². The molecule has 0 aliphatic carbocycles. The average Bonchev–Trinajstić information content (AvgIpc) is 2.29. The van der Waals surface area contributed by atoms with Gasteiger partial charge < -0.3 is 5.32 Å². The van der Waals surface area contributed by atoms with Crippen LogP contribution in [0.25, 0.3) is 0 Å². The van der Waals surface area contributed by atoms with Gasteiger partial charge >= 0.3 is 0 Å². The van der Waals surface area contributed by atoms with Gasteiger partial charge in [-0.2, -0.15) is 0 Å². The van der Waals surface area contributed by atoms with Gasteiger partial charge in [0, 0.05) is 12.2 Å². The number of hydrogen-bond donors (Lipinski definition) is 3. The minimum absolute atomic E-state index is 0.547. The van der Waals surface area contributed by atoms with Crippen LogP contribution in [-0.2, 0) is 0 Å². The maximum Gasteiger partial charge on any atom is 0.210 e. The van der Waals surface area contributed by atoms with Crippen molar-refractivity contribution >= 4 is 11.6 Å². The Morgan fingerprint density at radius 3 is 2.38 bits per heavy atom. The second kappa shape index (κ2) is 6.12. The summed E-state index contributed by atoms with van der Waals surface area (Å²) in [6.45, 7) is 7.00. The van der Waals surface area contributed by atoms with Gasteiger partial charge in [0.2, 0.25) is 5.96 Å². The second-order valence-corrected chi connectivity index (χ2v) is 3.87. The number of nitrogens with zero attached hydrogens (tertiary/aromatic N) is 1. The predicted molar refractivity (Wildman–Crippen MR) is 69.5 cm³/mol. The predicted octanol–water partition coefficient (Wildman–Crippen LogP) is 2.06. The van der Waals surface area contributed by atoms with Gasteiger partial charge in [-0.15, -0.1) is 0 Å². The van der Waals surface area contributed by atoms with E-state index in [1.807, 2.05) is 19.1 Å². The lowest BCUT2D eigenvalue weighted by atomic mass is 10.0. The monoisotopic (exact) mass is 220 g/mol. The number of hydrogen-bond acceptors (Lipinski definition) is 2. The molecule has 0 aliphatic heterocycles. The molecule has 1 rings (SSSR count). The van der Waals surface area contributed by atoms with Crippen molar-refractivity contribution in [3.8, 4) is 0 Å². The lowest BCUT2D eigenvalue weighted by Crippen LogP contribution is -2.36. The third-order valence-electron chi connectivity index (χ3n) is 2.29. The summed E-state index contributed by atoms with van der Waals surface area (Å²) in [4.78, 5) is 4.16. The van der Waals surface area contributed by atoms with Crippen molar-refractivity contribution in [1.82, 2.24) is 5.43 Å². The zero-order valence-corrected chi connectivity index (χ0v) is 10.1. The minimum atomic E-state index is 0.547. The third-order valence-corrected chi connectivity index (χ3v) is 2.29. The van der Waals surface area contributed by atoms with Gasteiger partial charge in [-0.05, 0) is 30.5 Å². The first-order valence-electron chi connectivity index (χ1n) is 5.55. The highest BCUT2D eigenvalue weighted by atomic mass is 15.3. The highest BCUT2D eigenvalue weighted by Gasteiger charge is 2.00. The summed E-state index contributed by atoms with van der Waals surface area (Å²) >= 11 is 0. The number of anilines is 1. The number of benzene rings is 1. The van der Waals surface area contributed by atoms with Crippen LogP contribution in [0.4, 0.5) is 5.69 Å². The molecule has 0 heterocycles. The van der Waals surface area contributed by atoms with Crippen molar-refractivity contribution in [2.45, 2.75) is 26.7 Å². The lowest BCUT2D eigenvalue weighted by Gasteiger charge is -2.10. The number of rotatable bonds is 3. The van der Waals surface area contributed by atoms with Crippen molar-refractivity contribution in [3.05, 3.63) is 29.8 Å². The fourth-order valence-corrected chi connectivity index (χ4v) is 1.37. The molecule has 0 saturated carbocycles. The Kier molecular flexibility index (Phi) is 4.79. The van der Waals surface area contributed by atoms with E-state index in [-0.39, 0.29) is 0 Å². The Hall–Kier alpha value is -1.55. The van der Waals surface area contributed by atoms with Gasteiger partial charge in [-0.1, -0.05) is 26.0 Å². The molecule has 0 atom stereocenters. The standard InChI is InChI=1S/C12H20N4/c1-4-14-12(16-13)15-11-7-5-10(6-8-11)9(2)3/h5-9H,4,13H2,1-3H3,(H2,14,15,16). The molecule has 0 saturated heterocycles. The summed E-state index contributed by atoms with van der Waals surface area (Å²) in [7, 11) is 0. The molecule has 1 aromatic carbocycles. The van der Waals surface area contributed by atoms with Crippen molar-refractivity contribution in [1.29, 1.82) is 0 Å². The number of nitrogens with one attached hydrogen (secondary N) is 2. The van der Waals surface area contributed by atoms with E-state index in [0.29, 0.717) is 18.4 Å². The number of nitrogens with two attached hydrogens (primary N) is 1. The Balaban J connectivity index is 2.71. The summed E-state index contributed by atoms with van der Waals surface area (Å²) in [6.07, 6.45) is 0. The normalized spacial score (nSPS) is 11.7. The molecule has 0 amide bonds. The average molecular weight is 220 g/mol. The first-order valence-corrected chi connectivity index (χ1v) is 5.55. The van der Waals surface area contributed by atoms with E-state index in [1.165, 1.54) is 5.56 Å². The van der Waals surface area contributed by atoms with Gasteiger partial charge in [0.1, 0.15) is 0 Å². The maximum absolute atomic E-state index is 5.34. The van der Waals surface area contributed by atoms with Crippen molar-refractivity contribution < 1.29 is 0 Å². The van der Waals surface area contributed by atoms with E-state index < -0.39 is 0 Å². The molecular formula is C12H20N4. The lowest BCUT2D eigenvalue weighted by molar-refractivity contribution is 0.867. The highest BCUT2D eigenvalue weighted by molar-refractivity contribution is 5.93. The van der Waals surface area contributed by atoms with Crippen LogP contribution in [0.5, 0.6) is 0 Å². The van der Waals surface area contributed by atoms with Crippen LogP contribution in [-0.4, -0.2) is 12.5 Å². The summed E-state index contributed by atoms with van der Waals surface area (Å²) in [6, 6.07) is 8.26. The molecule has 88 valence electrons. The molecule has 0 aromatic heterocycles. The van der Waals surface area contributed by atoms with E-state index in [9.17, 15) is 0 Å². The highest BCUT2D eigenvalue weighted by Crippen LogP contribution is 2.16. The van der Waals surface area contributed by atoms with E-state index in [0.717, 1.165) is 5.69 Å². The second-order valence-electron chi connectivity index (χ2n) is 3.87. The Morgan fingerprint density at radius 2 is 1.94 bits per heavy atom. The summed E-state index contributed by atoms with van der Waals surface area (Å²) < 4.78 is 0. The fraction of sp³-hybridized carbons (Fsp3) is 0.417. The molecule has 4 heteroatoms. The Labute approximate surface area is 96.9 Å². The largest absolute Gasteiger partial charge is 0.325 e. The van der Waals surface area contributed by atoms with E-state index in [1.54, 1.807) is 0 Å². The number of aliphatic imine (C=N–C) groups is 1. The van der Waals surface area contributed by atoms with Crippen LogP contribution in [0, 0.1) is 0 Å². The zero-order valence-electron chi connectivity index (χ0n) is 10.1. The molecule has 0 radical (unpaired) electrons. The molecule has 0 bridgehead atoms. The van der Waals surface area contributed by atoms with Gasteiger partial charge in [0.05, 0.1) is 0 Å². The van der Waals surface area contributed by atoms with Gasteiger partial charge in [-0.25, -0.2) is 5.84 Å².